The van der Waals surface area contributed by atoms with Gasteiger partial charge in [-0.05, 0) is 179 Å². The third kappa shape index (κ3) is 27.2. The number of nitrogens with zero attached hydrogens (tertiary/aromatic N) is 3. The second kappa shape index (κ2) is 46.4. The van der Waals surface area contributed by atoms with Crippen LogP contribution >= 0.6 is 0 Å². The zero-order valence-electron chi connectivity index (χ0n) is 72.2. The van der Waals surface area contributed by atoms with Gasteiger partial charge in [-0.2, -0.15) is 0 Å². The van der Waals surface area contributed by atoms with E-state index in [1.165, 1.54) is 224 Å². The number of benzene rings is 8. The second-order valence-electron chi connectivity index (χ2n) is 29.4. The van der Waals surface area contributed by atoms with Crippen molar-refractivity contribution in [2.24, 2.45) is 0 Å². The van der Waals surface area contributed by atoms with Crippen molar-refractivity contribution in [2.45, 2.75) is 74.8 Å². The molecule has 0 saturated heterocycles. The summed E-state index contributed by atoms with van der Waals surface area (Å²) >= 11 is 0. The van der Waals surface area contributed by atoms with E-state index in [9.17, 15) is 86.9 Å². The van der Waals surface area contributed by atoms with Crippen LogP contribution in [0.25, 0.3) is 0 Å². The fourth-order valence-corrected chi connectivity index (χ4v) is 13.1. The Labute approximate surface area is 763 Å². The molecule has 37 heteroatoms. The Bertz CT molecular complexity index is 5850. The predicted molar refractivity (Wildman–Crippen MR) is 469 cm³/mol. The van der Waals surface area contributed by atoms with Gasteiger partial charge in [-0.25, -0.2) is 62.9 Å². The smallest absolute Gasteiger partial charge is 0.343 e. The highest BCUT2D eigenvalue weighted by atomic mass is 16.6. The zero-order valence-corrected chi connectivity index (χ0v) is 72.2. The molecule has 0 aliphatic carbocycles. The van der Waals surface area contributed by atoms with E-state index >= 15 is 0 Å². The molecule has 6 atom stereocenters. The number of carbonyl (C=O) groups excluding carboxylic acids is 16. The van der Waals surface area contributed by atoms with Crippen LogP contribution in [0.15, 0.2) is 249 Å². The molecule has 11 aromatic rings. The average molecular weight is 1820 g/mol. The highest BCUT2D eigenvalue weighted by Crippen LogP contribution is 2.25. The lowest BCUT2D eigenvalue weighted by molar-refractivity contribution is -0.143. The monoisotopic (exact) mass is 1820 g/mol. The average Bonchev–Trinajstić information content (AvgIpc) is 0.843. The Kier molecular flexibility index (Phi) is 33.5. The quantitative estimate of drug-likeness (QED) is 0.0107. The molecule has 0 saturated carbocycles. The van der Waals surface area contributed by atoms with E-state index in [-0.39, 0.29) is 129 Å². The maximum atomic E-state index is 13.8. The van der Waals surface area contributed by atoms with Gasteiger partial charge < -0.3 is 89.5 Å². The Morgan fingerprint density at radius 3 is 0.552 bits per heavy atom. The molecule has 6 amide bonds. The molecule has 3 heterocycles. The number of hydrogen-bond donors (Lipinski definition) is 8. The number of rotatable bonds is 38. The first-order valence-corrected chi connectivity index (χ1v) is 40.7. The highest BCUT2D eigenvalue weighted by Gasteiger charge is 2.32. The Morgan fingerprint density at radius 2 is 0.388 bits per heavy atom. The van der Waals surface area contributed by atoms with E-state index in [2.05, 4.69) is 46.9 Å². The molecule has 134 heavy (non-hydrogen) atoms. The van der Waals surface area contributed by atoms with Crippen LogP contribution in [-0.4, -0.2) is 199 Å². The summed E-state index contributed by atoms with van der Waals surface area (Å²) in [6.45, 7) is 0. The number of pyridine rings is 3. The van der Waals surface area contributed by atoms with Crippen molar-refractivity contribution < 1.29 is 134 Å². The predicted octanol–water partition coefficient (Wildman–Crippen LogP) is 7.24. The van der Waals surface area contributed by atoms with Gasteiger partial charge in [0.2, 0.25) is 0 Å². The first kappa shape index (κ1) is 97.0. The molecule has 0 aliphatic heterocycles. The summed E-state index contributed by atoms with van der Waals surface area (Å²) in [4.78, 5) is 225. The van der Waals surface area contributed by atoms with Gasteiger partial charge in [0.15, 0.2) is 0 Å². The van der Waals surface area contributed by atoms with E-state index in [0.29, 0.717) is 33.4 Å². The van der Waals surface area contributed by atoms with Crippen LogP contribution in [0.3, 0.4) is 0 Å². The number of carbonyl (C=O) groups is 16. The Morgan fingerprint density at radius 1 is 0.231 bits per heavy atom. The number of hydrogen-bond acceptors (Lipinski definition) is 31. The standard InChI is InChI=1S/C97H85N9O28/c1-125-92(119)76(46-54-22-34-64(107)35-23-54)101-82(109)70-16-9-18-72(98-70)84(111)103-78(94(121)127-3)48-56-26-38-66(39-27-56)131-88(115)60-12-7-14-62(52-60)90(117)133-68-42-30-58(31-43-68)50-80(96(123)129-5)105-86(113)74-20-11-21-75(100-74)87(114)106-81(97(124)130-6)51-59-32-44-69(45-33-59)134-91(118)63-15-8-13-61(53-63)89(116)132-67-40-28-57(29-41-67)49-79(95(122)128-4)104-85(112)73-19-10-17-71(99-73)83(110)102-77(93(120)126-2)47-55-24-36-65(108)37-25-55/h7-45,52-53,76-81,107-108H,46-51H2,1-6H3,(H,101,109)(H,102,110)(H,103,111)(H,104,112)(H,105,113)(H,106,114)/t76-,77-,78-,79-,80-,81-/m0/s1. The van der Waals surface area contributed by atoms with Gasteiger partial charge in [0, 0.05) is 38.5 Å². The fraction of sp³-hybridized carbons (Fsp3) is 0.186. The molecule has 0 unspecified atom stereocenters. The van der Waals surface area contributed by atoms with E-state index in [4.69, 9.17) is 47.4 Å². The minimum atomic E-state index is -1.33. The normalized spacial score (nSPS) is 12.0. The summed E-state index contributed by atoms with van der Waals surface area (Å²) in [7, 11) is 6.77. The van der Waals surface area contributed by atoms with Gasteiger partial charge >= 0.3 is 59.7 Å². The van der Waals surface area contributed by atoms with Crippen LogP contribution in [0, 0.1) is 0 Å². The van der Waals surface area contributed by atoms with Gasteiger partial charge in [0.1, 0.15) is 105 Å². The molecule has 3 aromatic heterocycles. The maximum Gasteiger partial charge on any atom is 0.343 e. The minimum Gasteiger partial charge on any atom is -0.508 e. The molecule has 0 bridgehead atoms. The molecule has 11 rings (SSSR count). The topological polar surface area (TPSA) is 517 Å². The van der Waals surface area contributed by atoms with Crippen LogP contribution in [0.4, 0.5) is 0 Å². The van der Waals surface area contributed by atoms with Gasteiger partial charge in [0.25, 0.3) is 35.4 Å². The van der Waals surface area contributed by atoms with Crippen LogP contribution in [0.2, 0.25) is 0 Å². The van der Waals surface area contributed by atoms with Gasteiger partial charge in [-0.15, -0.1) is 0 Å². The van der Waals surface area contributed by atoms with Crippen molar-refractivity contribution in [1.82, 2.24) is 46.9 Å². The molecule has 0 aliphatic rings. The summed E-state index contributed by atoms with van der Waals surface area (Å²) in [6, 6.07) is 50.9. The molecular weight excluding hydrogens is 1740 g/mol. The van der Waals surface area contributed by atoms with Crippen LogP contribution in [-0.2, 0) is 95.7 Å². The number of methoxy groups -OCH3 is 6. The molecule has 0 fully saturated rings. The zero-order chi connectivity index (χ0) is 96.1. The van der Waals surface area contributed by atoms with Gasteiger partial charge in [-0.3, -0.25) is 28.8 Å². The number of aromatic nitrogens is 3. The second-order valence-corrected chi connectivity index (χ2v) is 29.4. The lowest BCUT2D eigenvalue weighted by Crippen LogP contribution is -2.44. The highest BCUT2D eigenvalue weighted by molar-refractivity contribution is 6.03. The number of aromatic hydroxyl groups is 2. The summed E-state index contributed by atoms with van der Waals surface area (Å²) in [5.41, 5.74) is 1.36. The number of amides is 6. The maximum absolute atomic E-state index is 13.8. The third-order valence-corrected chi connectivity index (χ3v) is 20.1. The van der Waals surface area contributed by atoms with Crippen molar-refractivity contribution in [3.05, 3.63) is 339 Å². The van der Waals surface area contributed by atoms with Gasteiger partial charge in [0.05, 0.1) is 64.9 Å². The van der Waals surface area contributed by atoms with E-state index < -0.39 is 131 Å². The number of phenolic OH excluding ortho intramolecular Hbond substituents is 2. The van der Waals surface area contributed by atoms with E-state index in [1.54, 1.807) is 24.3 Å². The number of esters is 10. The number of ether oxygens (including phenoxy) is 10. The van der Waals surface area contributed by atoms with Crippen molar-refractivity contribution in [1.29, 1.82) is 0 Å². The van der Waals surface area contributed by atoms with Gasteiger partial charge in [-0.1, -0.05) is 103 Å². The van der Waals surface area contributed by atoms with Crippen molar-refractivity contribution in [3.63, 3.8) is 0 Å². The Hall–Kier alpha value is -17.7. The number of phenols is 2. The van der Waals surface area contributed by atoms with Crippen LogP contribution in [0.5, 0.6) is 34.5 Å². The van der Waals surface area contributed by atoms with E-state index in [1.807, 2.05) is 0 Å². The first-order chi connectivity index (χ1) is 64.4. The molecule has 8 aromatic carbocycles. The molecular formula is C97H85N9O28. The minimum absolute atomic E-state index is 0.00341. The molecule has 0 spiro atoms. The lowest BCUT2D eigenvalue weighted by atomic mass is 10.1. The summed E-state index contributed by atoms with van der Waals surface area (Å²) in [6.07, 6.45) is -0.516. The Balaban J connectivity index is 0.620. The molecule has 37 nitrogen and oxygen atoms in total. The SMILES string of the molecule is COC(=O)[C@H](Cc1ccc(O)cc1)NC(=O)c1cccc(C(=O)N[C@@H](Cc2ccc(OC(=O)c3cccc(C(=O)Oc4ccc(C[C@H](NC(=O)c5cccc(C(=O)N[C@@H](Cc6ccc(OC(=O)c7cccc(C(=O)Oc8ccc(C[C@H](NC(=O)c9cccc(C(=O)N[C@@H](Cc%10ccc(O)cc%10)C(=O)OC)n9)C(=O)OC)cc8)c7)cc6)C(=O)OC)n5)C(=O)OC)cc4)c3)cc2)C(=O)OC)n1. The first-order valence-electron chi connectivity index (χ1n) is 40.7. The number of nitrogens with one attached hydrogen (secondary N) is 6. The lowest BCUT2D eigenvalue weighted by Gasteiger charge is -2.18. The summed E-state index contributed by atoms with van der Waals surface area (Å²) in [5.74, 6) is -13.2. The van der Waals surface area contributed by atoms with Crippen LogP contribution in [0.1, 0.15) is 138 Å². The fourth-order valence-electron chi connectivity index (χ4n) is 13.1. The van der Waals surface area contributed by atoms with Crippen molar-refractivity contribution >= 4 is 95.1 Å². The molecule has 8 N–H and O–H groups in total. The molecule has 0 radical (unpaired) electrons. The third-order valence-electron chi connectivity index (χ3n) is 20.1. The molecule has 686 valence electrons. The van der Waals surface area contributed by atoms with E-state index in [0.717, 1.165) is 42.7 Å². The van der Waals surface area contributed by atoms with Crippen molar-refractivity contribution in [3.8, 4) is 34.5 Å². The summed E-state index contributed by atoms with van der Waals surface area (Å²) in [5, 5.41) is 34.7. The largest absolute Gasteiger partial charge is 0.508 e. The summed E-state index contributed by atoms with van der Waals surface area (Å²) < 4.78 is 52.0. The van der Waals surface area contributed by atoms with Crippen LogP contribution < -0.4 is 50.8 Å². The van der Waals surface area contributed by atoms with Crippen molar-refractivity contribution in [2.75, 3.05) is 42.7 Å².